The number of thiophene rings is 1. The van der Waals surface area contributed by atoms with Gasteiger partial charge in [-0.15, -0.1) is 11.3 Å². The van der Waals surface area contributed by atoms with Gasteiger partial charge < -0.3 is 15.0 Å². The standard InChI is InChI=1S/C15H24N2O2S/c1-11-5-6-13(20-11)9-16-12-7-8-17(10-12)14(18)19-15(2,3)4/h5-6,12,16H,7-10H2,1-4H3. The van der Waals surface area contributed by atoms with Crippen molar-refractivity contribution in [1.82, 2.24) is 10.2 Å². The van der Waals surface area contributed by atoms with E-state index in [1.54, 1.807) is 4.90 Å². The maximum Gasteiger partial charge on any atom is 0.410 e. The zero-order valence-corrected chi connectivity index (χ0v) is 13.5. The Hall–Kier alpha value is -1.07. The number of aryl methyl sites for hydroxylation is 1. The lowest BCUT2D eigenvalue weighted by Crippen LogP contribution is -2.38. The van der Waals surface area contributed by atoms with E-state index in [1.165, 1.54) is 9.75 Å². The molecule has 1 aromatic rings. The molecular weight excluding hydrogens is 272 g/mol. The lowest BCUT2D eigenvalue weighted by molar-refractivity contribution is 0.0291. The number of hydrogen-bond donors (Lipinski definition) is 1. The number of rotatable bonds is 3. The van der Waals surface area contributed by atoms with Gasteiger partial charge >= 0.3 is 6.09 Å². The minimum atomic E-state index is -0.420. The molecule has 1 aliphatic rings. The number of hydrogen-bond acceptors (Lipinski definition) is 4. The smallest absolute Gasteiger partial charge is 0.410 e. The third kappa shape index (κ3) is 4.49. The van der Waals surface area contributed by atoms with Crippen LogP contribution in [0.1, 0.15) is 36.9 Å². The van der Waals surface area contributed by atoms with Crippen LogP contribution in [0.2, 0.25) is 0 Å². The van der Waals surface area contributed by atoms with Gasteiger partial charge in [0.25, 0.3) is 0 Å². The quantitative estimate of drug-likeness (QED) is 0.931. The zero-order valence-electron chi connectivity index (χ0n) is 12.7. The Morgan fingerprint density at radius 1 is 1.50 bits per heavy atom. The monoisotopic (exact) mass is 296 g/mol. The highest BCUT2D eigenvalue weighted by molar-refractivity contribution is 7.11. The lowest BCUT2D eigenvalue weighted by atomic mass is 10.2. The summed E-state index contributed by atoms with van der Waals surface area (Å²) in [6.45, 7) is 10.2. The molecule has 0 spiro atoms. The van der Waals surface area contributed by atoms with Crippen molar-refractivity contribution in [3.63, 3.8) is 0 Å². The molecule has 1 aromatic heterocycles. The molecule has 2 heterocycles. The number of carbonyl (C=O) groups excluding carboxylic acids is 1. The Morgan fingerprint density at radius 3 is 2.85 bits per heavy atom. The highest BCUT2D eigenvalue weighted by atomic mass is 32.1. The Balaban J connectivity index is 1.76. The van der Waals surface area contributed by atoms with Crippen LogP contribution in [0.4, 0.5) is 4.79 Å². The average Bonchev–Trinajstić information content (AvgIpc) is 2.93. The van der Waals surface area contributed by atoms with Crippen molar-refractivity contribution in [3.05, 3.63) is 21.9 Å². The Bertz CT molecular complexity index is 465. The maximum absolute atomic E-state index is 12.0. The van der Waals surface area contributed by atoms with Crippen LogP contribution in [0, 0.1) is 6.92 Å². The molecule has 1 fully saturated rings. The first-order valence-corrected chi connectivity index (χ1v) is 7.92. The summed E-state index contributed by atoms with van der Waals surface area (Å²) in [7, 11) is 0. The van der Waals surface area contributed by atoms with Gasteiger partial charge in [0.2, 0.25) is 0 Å². The molecule has 1 atom stereocenters. The molecule has 0 aromatic carbocycles. The Morgan fingerprint density at radius 2 is 2.25 bits per heavy atom. The van der Waals surface area contributed by atoms with Crippen molar-refractivity contribution in [2.24, 2.45) is 0 Å². The number of ether oxygens (including phenoxy) is 1. The van der Waals surface area contributed by atoms with Crippen molar-refractivity contribution >= 4 is 17.4 Å². The predicted molar refractivity (Wildman–Crippen MR) is 82.1 cm³/mol. The van der Waals surface area contributed by atoms with E-state index in [0.717, 1.165) is 26.1 Å². The second-order valence-electron chi connectivity index (χ2n) is 6.31. The predicted octanol–water partition coefficient (Wildman–Crippen LogP) is 3.16. The van der Waals surface area contributed by atoms with E-state index in [2.05, 4.69) is 24.4 Å². The summed E-state index contributed by atoms with van der Waals surface area (Å²) < 4.78 is 5.40. The largest absolute Gasteiger partial charge is 0.444 e. The van der Waals surface area contributed by atoms with Gasteiger partial charge in [0.1, 0.15) is 5.60 Å². The van der Waals surface area contributed by atoms with Crippen LogP contribution in [0.15, 0.2) is 12.1 Å². The molecule has 112 valence electrons. The molecule has 20 heavy (non-hydrogen) atoms. The summed E-state index contributed by atoms with van der Waals surface area (Å²) in [5.74, 6) is 0. The van der Waals surface area contributed by atoms with Crippen molar-refractivity contribution in [2.45, 2.75) is 52.3 Å². The van der Waals surface area contributed by atoms with Crippen molar-refractivity contribution in [1.29, 1.82) is 0 Å². The van der Waals surface area contributed by atoms with Gasteiger partial charge in [-0.1, -0.05) is 0 Å². The van der Waals surface area contributed by atoms with Gasteiger partial charge in [0.15, 0.2) is 0 Å². The minimum Gasteiger partial charge on any atom is -0.444 e. The molecule has 1 saturated heterocycles. The van der Waals surface area contributed by atoms with Crippen LogP contribution in [0.5, 0.6) is 0 Å². The minimum absolute atomic E-state index is 0.200. The normalized spacial score (nSPS) is 19.4. The van der Waals surface area contributed by atoms with Crippen LogP contribution in [0.3, 0.4) is 0 Å². The average molecular weight is 296 g/mol. The molecule has 5 heteroatoms. The molecular formula is C15H24N2O2S. The van der Waals surface area contributed by atoms with Crippen LogP contribution in [0.25, 0.3) is 0 Å². The van der Waals surface area contributed by atoms with E-state index >= 15 is 0 Å². The Labute approximate surface area is 125 Å². The summed E-state index contributed by atoms with van der Waals surface area (Å²) in [4.78, 5) is 16.4. The van der Waals surface area contributed by atoms with E-state index in [1.807, 2.05) is 32.1 Å². The van der Waals surface area contributed by atoms with Crippen molar-refractivity contribution in [3.8, 4) is 0 Å². The van der Waals surface area contributed by atoms with Gasteiger partial charge in [-0.3, -0.25) is 0 Å². The van der Waals surface area contributed by atoms with E-state index in [-0.39, 0.29) is 6.09 Å². The van der Waals surface area contributed by atoms with Gasteiger partial charge in [0.05, 0.1) is 0 Å². The van der Waals surface area contributed by atoms with Crippen LogP contribution < -0.4 is 5.32 Å². The van der Waals surface area contributed by atoms with Gasteiger partial charge in [-0.25, -0.2) is 4.79 Å². The number of carbonyl (C=O) groups is 1. The van der Waals surface area contributed by atoms with Crippen LogP contribution >= 0.6 is 11.3 Å². The lowest BCUT2D eigenvalue weighted by Gasteiger charge is -2.24. The molecule has 2 rings (SSSR count). The third-order valence-corrected chi connectivity index (χ3v) is 4.20. The summed E-state index contributed by atoms with van der Waals surface area (Å²) in [6.07, 6.45) is 0.789. The second-order valence-corrected chi connectivity index (χ2v) is 7.68. The van der Waals surface area contributed by atoms with E-state index in [0.29, 0.717) is 6.04 Å². The molecule has 1 unspecified atom stereocenters. The van der Waals surface area contributed by atoms with Crippen molar-refractivity contribution < 1.29 is 9.53 Å². The van der Waals surface area contributed by atoms with Gasteiger partial charge in [0, 0.05) is 35.4 Å². The Kier molecular flexibility index (Phi) is 4.70. The topological polar surface area (TPSA) is 41.6 Å². The summed E-state index contributed by atoms with van der Waals surface area (Å²) in [6, 6.07) is 4.67. The SMILES string of the molecule is Cc1ccc(CNC2CCN(C(=O)OC(C)(C)C)C2)s1. The molecule has 0 radical (unpaired) electrons. The first-order valence-electron chi connectivity index (χ1n) is 7.10. The molecule has 1 aliphatic heterocycles. The van der Waals surface area contributed by atoms with Gasteiger partial charge in [-0.2, -0.15) is 0 Å². The number of likely N-dealkylation sites (tertiary alicyclic amines) is 1. The molecule has 0 aliphatic carbocycles. The first kappa shape index (κ1) is 15.3. The highest BCUT2D eigenvalue weighted by Gasteiger charge is 2.29. The molecule has 1 amide bonds. The molecule has 4 nitrogen and oxygen atoms in total. The first-order chi connectivity index (χ1) is 9.33. The number of amides is 1. The molecule has 0 saturated carbocycles. The fourth-order valence-electron chi connectivity index (χ4n) is 2.24. The number of nitrogens with zero attached hydrogens (tertiary/aromatic N) is 1. The molecule has 0 bridgehead atoms. The van der Waals surface area contributed by atoms with E-state index in [9.17, 15) is 4.79 Å². The van der Waals surface area contributed by atoms with Gasteiger partial charge in [-0.05, 0) is 46.2 Å². The second kappa shape index (κ2) is 6.14. The summed E-state index contributed by atoms with van der Waals surface area (Å²) in [5, 5.41) is 3.52. The van der Waals surface area contributed by atoms with Crippen molar-refractivity contribution in [2.75, 3.05) is 13.1 Å². The summed E-state index contributed by atoms with van der Waals surface area (Å²) >= 11 is 1.82. The maximum atomic E-state index is 12.0. The molecule has 1 N–H and O–H groups in total. The van der Waals surface area contributed by atoms with E-state index < -0.39 is 5.60 Å². The summed E-state index contributed by atoms with van der Waals surface area (Å²) in [5.41, 5.74) is -0.420. The fraction of sp³-hybridized carbons (Fsp3) is 0.667. The highest BCUT2D eigenvalue weighted by Crippen LogP contribution is 2.18. The van der Waals surface area contributed by atoms with Crippen LogP contribution in [-0.2, 0) is 11.3 Å². The number of nitrogens with one attached hydrogen (secondary N) is 1. The zero-order chi connectivity index (χ0) is 14.8. The third-order valence-electron chi connectivity index (χ3n) is 3.20. The fourth-order valence-corrected chi connectivity index (χ4v) is 3.09. The van der Waals surface area contributed by atoms with Crippen LogP contribution in [-0.4, -0.2) is 35.7 Å². The van der Waals surface area contributed by atoms with E-state index in [4.69, 9.17) is 4.74 Å².